The van der Waals surface area contributed by atoms with Gasteiger partial charge < -0.3 is 10.5 Å². The average Bonchev–Trinajstić information content (AvgIpc) is 2.72. The number of nitrogens with two attached hydrogens (primary N) is 1. The number of aromatic nitrogens is 2. The van der Waals surface area contributed by atoms with E-state index in [0.29, 0.717) is 18.3 Å². The minimum Gasteiger partial charge on any atom is -0.471 e. The molecule has 2 aromatic rings. The molecule has 1 aromatic carbocycles. The van der Waals surface area contributed by atoms with Gasteiger partial charge in [0, 0.05) is 0 Å². The van der Waals surface area contributed by atoms with E-state index in [2.05, 4.69) is 38.0 Å². The van der Waals surface area contributed by atoms with Crippen molar-refractivity contribution in [1.82, 2.24) is 9.78 Å². The third-order valence-corrected chi connectivity index (χ3v) is 2.88. The normalized spacial score (nSPS) is 10.9. The Morgan fingerprint density at radius 3 is 2.72 bits per heavy atom. The largest absolute Gasteiger partial charge is 0.471 e. The molecule has 2 N–H and O–H groups in total. The topological polar surface area (TPSA) is 53.1 Å². The van der Waals surface area contributed by atoms with Crippen LogP contribution in [0.4, 0.5) is 5.69 Å². The van der Waals surface area contributed by atoms with Crippen LogP contribution in [0.3, 0.4) is 0 Å². The van der Waals surface area contributed by atoms with E-state index in [-0.39, 0.29) is 0 Å². The fourth-order valence-corrected chi connectivity index (χ4v) is 1.98. The molecule has 0 bridgehead atoms. The van der Waals surface area contributed by atoms with Gasteiger partial charge in [0.05, 0.1) is 18.1 Å². The minimum atomic E-state index is 0.373. The number of rotatable bonds is 4. The second-order valence-electron chi connectivity index (χ2n) is 4.76. The molecule has 4 heteroatoms. The van der Waals surface area contributed by atoms with Gasteiger partial charge in [-0.25, -0.2) is 4.68 Å². The maximum atomic E-state index is 5.67. The van der Waals surface area contributed by atoms with Crippen LogP contribution in [-0.2, 0) is 6.73 Å². The summed E-state index contributed by atoms with van der Waals surface area (Å²) in [6, 6.07) is 6.17. The Hall–Kier alpha value is -1.97. The van der Waals surface area contributed by atoms with Gasteiger partial charge in [0.1, 0.15) is 5.75 Å². The summed E-state index contributed by atoms with van der Waals surface area (Å²) in [5.74, 6) is 1.39. The molecule has 0 radical (unpaired) electrons. The molecule has 1 heterocycles. The van der Waals surface area contributed by atoms with Gasteiger partial charge in [-0.05, 0) is 36.1 Å². The van der Waals surface area contributed by atoms with Crippen molar-refractivity contribution in [3.63, 3.8) is 0 Å². The van der Waals surface area contributed by atoms with Gasteiger partial charge >= 0.3 is 0 Å². The summed E-state index contributed by atoms with van der Waals surface area (Å²) < 4.78 is 7.33. The maximum absolute atomic E-state index is 5.67. The molecule has 0 amide bonds. The Morgan fingerprint density at radius 2 is 2.17 bits per heavy atom. The number of hydrogen-bond donors (Lipinski definition) is 1. The highest BCUT2D eigenvalue weighted by atomic mass is 16.5. The predicted molar refractivity (Wildman–Crippen MR) is 72.5 cm³/mol. The molecule has 2 rings (SSSR count). The fourth-order valence-electron chi connectivity index (χ4n) is 1.98. The summed E-state index contributed by atoms with van der Waals surface area (Å²) in [7, 11) is 0. The number of aryl methyl sites for hydroxylation is 1. The number of ether oxygens (including phenoxy) is 1. The lowest BCUT2D eigenvalue weighted by molar-refractivity contribution is 0.221. The number of anilines is 1. The summed E-state index contributed by atoms with van der Waals surface area (Å²) in [5.41, 5.74) is 8.83. The lowest BCUT2D eigenvalue weighted by atomic mass is 9.98. The van der Waals surface area contributed by atoms with Crippen molar-refractivity contribution in [1.29, 1.82) is 0 Å². The lowest BCUT2D eigenvalue weighted by Crippen LogP contribution is -2.05. The molecule has 0 saturated heterocycles. The minimum absolute atomic E-state index is 0.373. The van der Waals surface area contributed by atoms with Crippen LogP contribution in [-0.4, -0.2) is 9.78 Å². The summed E-state index contributed by atoms with van der Waals surface area (Å²) >= 11 is 0. The number of nitrogens with zero attached hydrogens (tertiary/aromatic N) is 2. The summed E-state index contributed by atoms with van der Waals surface area (Å²) in [6.07, 6.45) is 3.35. The molecule has 18 heavy (non-hydrogen) atoms. The van der Waals surface area contributed by atoms with E-state index in [1.165, 1.54) is 11.1 Å². The van der Waals surface area contributed by atoms with Crippen molar-refractivity contribution < 1.29 is 4.74 Å². The molecule has 96 valence electrons. The summed E-state index contributed by atoms with van der Waals surface area (Å²) in [4.78, 5) is 0. The molecule has 0 unspecified atom stereocenters. The fraction of sp³-hybridized carbons (Fsp3) is 0.357. The van der Waals surface area contributed by atoms with Gasteiger partial charge in [-0.15, -0.1) is 0 Å². The van der Waals surface area contributed by atoms with E-state index in [1.807, 2.05) is 6.07 Å². The Kier molecular flexibility index (Phi) is 3.55. The third kappa shape index (κ3) is 2.83. The second kappa shape index (κ2) is 5.12. The van der Waals surface area contributed by atoms with Crippen LogP contribution in [0.2, 0.25) is 0 Å². The molecule has 0 spiro atoms. The molecule has 0 fully saturated rings. The molecule has 1 aromatic heterocycles. The van der Waals surface area contributed by atoms with Crippen LogP contribution in [0.5, 0.6) is 5.75 Å². The van der Waals surface area contributed by atoms with Crippen LogP contribution in [0, 0.1) is 6.92 Å². The zero-order valence-corrected chi connectivity index (χ0v) is 11.1. The van der Waals surface area contributed by atoms with Gasteiger partial charge in [0.2, 0.25) is 0 Å². The number of nitrogen functional groups attached to an aromatic ring is 1. The molecule has 0 aliphatic carbocycles. The molecule has 0 saturated carbocycles. The highest BCUT2D eigenvalue weighted by Crippen LogP contribution is 2.23. The van der Waals surface area contributed by atoms with E-state index in [9.17, 15) is 0 Å². The first-order valence-corrected chi connectivity index (χ1v) is 6.07. The first-order chi connectivity index (χ1) is 8.56. The van der Waals surface area contributed by atoms with E-state index < -0.39 is 0 Å². The Morgan fingerprint density at radius 1 is 1.39 bits per heavy atom. The summed E-state index contributed by atoms with van der Waals surface area (Å²) in [6.45, 7) is 6.86. The van der Waals surface area contributed by atoms with E-state index >= 15 is 0 Å². The van der Waals surface area contributed by atoms with Crippen LogP contribution < -0.4 is 10.5 Å². The van der Waals surface area contributed by atoms with Crippen LogP contribution >= 0.6 is 0 Å². The van der Waals surface area contributed by atoms with Gasteiger partial charge in [-0.2, -0.15) is 5.10 Å². The quantitative estimate of drug-likeness (QED) is 0.901. The van der Waals surface area contributed by atoms with Crippen LogP contribution in [0.1, 0.15) is 30.9 Å². The zero-order chi connectivity index (χ0) is 13.1. The zero-order valence-electron chi connectivity index (χ0n) is 11.1. The van der Waals surface area contributed by atoms with Crippen molar-refractivity contribution >= 4 is 5.69 Å². The highest BCUT2D eigenvalue weighted by Gasteiger charge is 2.05. The lowest BCUT2D eigenvalue weighted by Gasteiger charge is -2.12. The molecule has 0 aliphatic heterocycles. The SMILES string of the molecule is Cc1cc(OCn2cc(N)cn2)ccc1C(C)C. The Bertz CT molecular complexity index is 532. The predicted octanol–water partition coefficient (Wildman–Crippen LogP) is 2.93. The van der Waals surface area contributed by atoms with E-state index in [0.717, 1.165) is 5.75 Å². The standard InChI is InChI=1S/C14H19N3O/c1-10(2)14-5-4-13(6-11(14)3)18-9-17-8-12(15)7-16-17/h4-8,10H,9,15H2,1-3H3. The summed E-state index contributed by atoms with van der Waals surface area (Å²) in [5, 5.41) is 4.07. The van der Waals surface area contributed by atoms with E-state index in [1.54, 1.807) is 17.1 Å². The Balaban J connectivity index is 2.04. The molecular weight excluding hydrogens is 226 g/mol. The molecule has 0 atom stereocenters. The monoisotopic (exact) mass is 245 g/mol. The van der Waals surface area contributed by atoms with Crippen molar-refractivity contribution in [2.24, 2.45) is 0 Å². The van der Waals surface area contributed by atoms with Gasteiger partial charge in [-0.1, -0.05) is 19.9 Å². The van der Waals surface area contributed by atoms with Crippen molar-refractivity contribution in [2.75, 3.05) is 5.73 Å². The maximum Gasteiger partial charge on any atom is 0.180 e. The van der Waals surface area contributed by atoms with Crippen LogP contribution in [0.15, 0.2) is 30.6 Å². The van der Waals surface area contributed by atoms with Gasteiger partial charge in [0.25, 0.3) is 0 Å². The average molecular weight is 245 g/mol. The molecular formula is C14H19N3O. The smallest absolute Gasteiger partial charge is 0.180 e. The highest BCUT2D eigenvalue weighted by molar-refractivity contribution is 5.36. The van der Waals surface area contributed by atoms with E-state index in [4.69, 9.17) is 10.5 Å². The van der Waals surface area contributed by atoms with Crippen molar-refractivity contribution in [3.8, 4) is 5.75 Å². The first-order valence-electron chi connectivity index (χ1n) is 6.07. The Labute approximate surface area is 107 Å². The number of benzene rings is 1. The molecule has 0 aliphatic rings. The second-order valence-corrected chi connectivity index (χ2v) is 4.76. The first kappa shape index (κ1) is 12.5. The van der Waals surface area contributed by atoms with Gasteiger partial charge in [0.15, 0.2) is 6.73 Å². The van der Waals surface area contributed by atoms with Crippen molar-refractivity contribution in [3.05, 3.63) is 41.7 Å². The number of hydrogen-bond acceptors (Lipinski definition) is 3. The van der Waals surface area contributed by atoms with Crippen molar-refractivity contribution in [2.45, 2.75) is 33.4 Å². The third-order valence-electron chi connectivity index (χ3n) is 2.88. The van der Waals surface area contributed by atoms with Gasteiger partial charge in [-0.3, -0.25) is 0 Å². The van der Waals surface area contributed by atoms with Crippen LogP contribution in [0.25, 0.3) is 0 Å². The molecule has 4 nitrogen and oxygen atoms in total.